The number of hydrogen-bond donors (Lipinski definition) is 3. The molecule has 0 spiro atoms. The maximum Gasteiger partial charge on any atom is 0.307 e. The molecule has 8 heteroatoms. The van der Waals surface area contributed by atoms with Crippen LogP contribution in [0.5, 0.6) is 0 Å². The number of fused-ring (bicyclic) bond motifs is 1. The van der Waals surface area contributed by atoms with E-state index in [9.17, 15) is 19.1 Å². The number of nitrogens with zero attached hydrogens (tertiary/aromatic N) is 2. The van der Waals surface area contributed by atoms with Gasteiger partial charge in [0.15, 0.2) is 0 Å². The highest BCUT2D eigenvalue weighted by molar-refractivity contribution is 6.37. The number of rotatable bonds is 10. The quantitative estimate of drug-likeness (QED) is 0.357. The lowest BCUT2D eigenvalue weighted by Gasteiger charge is -2.20. The Morgan fingerprint density at radius 3 is 2.43 bits per heavy atom. The van der Waals surface area contributed by atoms with Gasteiger partial charge in [-0.05, 0) is 74.2 Å². The predicted molar refractivity (Wildman–Crippen MR) is 145 cm³/mol. The van der Waals surface area contributed by atoms with Crippen LogP contribution in [-0.2, 0) is 22.6 Å². The molecule has 0 fully saturated rings. The SMILES string of the molecule is CN(C)CCN(C)Cc1ccc(NC(=C2C(=O)Nc3cc(F)ccc32)c2cccc(CC(=O)O)c2)cc1. The van der Waals surface area contributed by atoms with Gasteiger partial charge in [-0.25, -0.2) is 4.39 Å². The molecule has 4 rings (SSSR count). The zero-order valence-electron chi connectivity index (χ0n) is 21.2. The van der Waals surface area contributed by atoms with Gasteiger partial charge in [-0.1, -0.05) is 30.3 Å². The van der Waals surface area contributed by atoms with E-state index in [1.165, 1.54) is 12.1 Å². The molecule has 0 aromatic heterocycles. The summed E-state index contributed by atoms with van der Waals surface area (Å²) >= 11 is 0. The average molecular weight is 503 g/mol. The van der Waals surface area contributed by atoms with Gasteiger partial charge >= 0.3 is 5.97 Å². The van der Waals surface area contributed by atoms with Crippen LogP contribution in [0, 0.1) is 5.82 Å². The molecule has 1 aliphatic rings. The maximum absolute atomic E-state index is 13.8. The number of anilines is 2. The molecule has 0 saturated heterocycles. The third-order valence-electron chi connectivity index (χ3n) is 6.15. The Morgan fingerprint density at radius 2 is 1.73 bits per heavy atom. The van der Waals surface area contributed by atoms with Gasteiger partial charge in [0.05, 0.1) is 23.4 Å². The van der Waals surface area contributed by atoms with E-state index in [0.29, 0.717) is 33.6 Å². The van der Waals surface area contributed by atoms with Crippen LogP contribution < -0.4 is 10.6 Å². The maximum atomic E-state index is 13.8. The number of carboxylic acid groups (broad SMARTS) is 1. The van der Waals surface area contributed by atoms with Crippen molar-refractivity contribution in [1.29, 1.82) is 0 Å². The van der Waals surface area contributed by atoms with E-state index >= 15 is 0 Å². The van der Waals surface area contributed by atoms with Crippen molar-refractivity contribution in [3.8, 4) is 0 Å². The molecule has 7 nitrogen and oxygen atoms in total. The van der Waals surface area contributed by atoms with E-state index in [1.807, 2.05) is 30.3 Å². The van der Waals surface area contributed by atoms with Crippen LogP contribution >= 0.6 is 0 Å². The summed E-state index contributed by atoms with van der Waals surface area (Å²) in [5.74, 6) is -1.74. The first kappa shape index (κ1) is 26.1. The van der Waals surface area contributed by atoms with Crippen LogP contribution in [0.3, 0.4) is 0 Å². The fraction of sp³-hybridized carbons (Fsp3) is 0.241. The third-order valence-corrected chi connectivity index (χ3v) is 6.15. The van der Waals surface area contributed by atoms with Gasteiger partial charge in [0.2, 0.25) is 0 Å². The molecule has 37 heavy (non-hydrogen) atoms. The molecule has 1 heterocycles. The van der Waals surface area contributed by atoms with Gasteiger partial charge in [-0.15, -0.1) is 0 Å². The molecule has 0 unspecified atom stereocenters. The van der Waals surface area contributed by atoms with E-state index in [2.05, 4.69) is 41.6 Å². The summed E-state index contributed by atoms with van der Waals surface area (Å²) in [7, 11) is 6.19. The van der Waals surface area contributed by atoms with Gasteiger partial charge in [0.1, 0.15) is 5.82 Å². The number of carboxylic acids is 1. The third kappa shape index (κ3) is 6.61. The summed E-state index contributed by atoms with van der Waals surface area (Å²) in [5.41, 5.74) is 5.07. The first-order valence-corrected chi connectivity index (χ1v) is 12.1. The molecule has 192 valence electrons. The summed E-state index contributed by atoms with van der Waals surface area (Å²) in [6.45, 7) is 2.73. The summed E-state index contributed by atoms with van der Waals surface area (Å²) in [5, 5.41) is 15.4. The molecule has 3 N–H and O–H groups in total. The molecule has 1 amide bonds. The van der Waals surface area contributed by atoms with Crippen LogP contribution in [0.2, 0.25) is 0 Å². The second kappa shape index (κ2) is 11.4. The Bertz CT molecular complexity index is 1340. The normalized spacial score (nSPS) is 14.1. The monoisotopic (exact) mass is 502 g/mol. The first-order valence-electron chi connectivity index (χ1n) is 12.1. The summed E-state index contributed by atoms with van der Waals surface area (Å²) in [4.78, 5) is 28.8. The van der Waals surface area contributed by atoms with Crippen molar-refractivity contribution < 1.29 is 19.1 Å². The number of amides is 1. The fourth-order valence-electron chi connectivity index (χ4n) is 4.28. The van der Waals surface area contributed by atoms with Crippen LogP contribution in [-0.4, -0.2) is 61.0 Å². The highest BCUT2D eigenvalue weighted by Gasteiger charge is 2.29. The number of halogens is 1. The molecular weight excluding hydrogens is 471 g/mol. The minimum absolute atomic E-state index is 0.138. The van der Waals surface area contributed by atoms with Crippen molar-refractivity contribution in [2.24, 2.45) is 0 Å². The molecule has 0 saturated carbocycles. The van der Waals surface area contributed by atoms with E-state index in [4.69, 9.17) is 0 Å². The van der Waals surface area contributed by atoms with Crippen molar-refractivity contribution in [3.63, 3.8) is 0 Å². The van der Waals surface area contributed by atoms with Crippen LogP contribution in [0.1, 0.15) is 22.3 Å². The van der Waals surface area contributed by atoms with Gasteiger partial charge in [0, 0.05) is 30.9 Å². The number of nitrogens with one attached hydrogen (secondary N) is 2. The van der Waals surface area contributed by atoms with Crippen molar-refractivity contribution >= 4 is 34.5 Å². The lowest BCUT2D eigenvalue weighted by molar-refractivity contribution is -0.136. The zero-order valence-corrected chi connectivity index (χ0v) is 21.2. The van der Waals surface area contributed by atoms with Crippen molar-refractivity contribution in [3.05, 3.63) is 94.8 Å². The van der Waals surface area contributed by atoms with Crippen molar-refractivity contribution in [1.82, 2.24) is 9.80 Å². The highest BCUT2D eigenvalue weighted by atomic mass is 19.1. The van der Waals surface area contributed by atoms with Crippen LogP contribution in [0.25, 0.3) is 11.3 Å². The molecule has 0 atom stereocenters. The van der Waals surface area contributed by atoms with Crippen LogP contribution in [0.4, 0.5) is 15.8 Å². The Kier molecular flexibility index (Phi) is 8.01. The summed E-state index contributed by atoms with van der Waals surface area (Å²) in [6.07, 6.45) is -0.138. The Morgan fingerprint density at radius 1 is 0.973 bits per heavy atom. The molecule has 3 aromatic carbocycles. The molecule has 0 radical (unpaired) electrons. The Balaban J connectivity index is 1.68. The smallest absolute Gasteiger partial charge is 0.307 e. The standard InChI is InChI=1S/C29H31FN4O3/c1-33(2)13-14-34(3)18-19-7-10-23(11-8-19)31-28(21-6-4-5-20(15-21)16-26(35)36)27-24-12-9-22(30)17-25(24)32-29(27)37/h4-12,15,17,31H,13-14,16,18H2,1-3H3,(H,32,37)(H,35,36). The van der Waals surface area contributed by atoms with E-state index in [0.717, 1.165) is 30.9 Å². The van der Waals surface area contributed by atoms with E-state index in [-0.39, 0.29) is 12.3 Å². The number of likely N-dealkylation sites (N-methyl/N-ethyl adjacent to an activating group) is 2. The van der Waals surface area contributed by atoms with Gasteiger partial charge in [-0.3, -0.25) is 9.59 Å². The molecule has 1 aliphatic heterocycles. The predicted octanol–water partition coefficient (Wildman–Crippen LogP) is 4.38. The summed E-state index contributed by atoms with van der Waals surface area (Å²) in [6, 6.07) is 19.2. The Labute approximate surface area is 216 Å². The lowest BCUT2D eigenvalue weighted by Crippen LogP contribution is -2.28. The fourth-order valence-corrected chi connectivity index (χ4v) is 4.28. The largest absolute Gasteiger partial charge is 0.481 e. The van der Waals surface area contributed by atoms with Crippen LogP contribution in [0.15, 0.2) is 66.7 Å². The summed E-state index contributed by atoms with van der Waals surface area (Å²) < 4.78 is 13.8. The Hall–Kier alpha value is -4.01. The number of carbonyl (C=O) groups excluding carboxylic acids is 1. The first-order chi connectivity index (χ1) is 17.7. The molecule has 0 aliphatic carbocycles. The van der Waals surface area contributed by atoms with E-state index < -0.39 is 11.8 Å². The van der Waals surface area contributed by atoms with Gasteiger partial charge < -0.3 is 25.5 Å². The number of aliphatic carboxylic acids is 1. The molecule has 0 bridgehead atoms. The lowest BCUT2D eigenvalue weighted by atomic mass is 9.98. The topological polar surface area (TPSA) is 84.9 Å². The number of benzene rings is 3. The van der Waals surface area contributed by atoms with Gasteiger partial charge in [0.25, 0.3) is 5.91 Å². The number of hydrogen-bond acceptors (Lipinski definition) is 5. The van der Waals surface area contributed by atoms with Crippen molar-refractivity contribution in [2.45, 2.75) is 13.0 Å². The zero-order chi connectivity index (χ0) is 26.5. The number of carbonyl (C=O) groups is 2. The minimum Gasteiger partial charge on any atom is -0.481 e. The van der Waals surface area contributed by atoms with E-state index in [1.54, 1.807) is 24.3 Å². The molecular formula is C29H31FN4O3. The molecule has 3 aromatic rings. The highest BCUT2D eigenvalue weighted by Crippen LogP contribution is 2.38. The second-order valence-electron chi connectivity index (χ2n) is 9.53. The van der Waals surface area contributed by atoms with Gasteiger partial charge in [-0.2, -0.15) is 0 Å². The minimum atomic E-state index is -0.940. The van der Waals surface area contributed by atoms with Crippen molar-refractivity contribution in [2.75, 3.05) is 44.9 Å². The second-order valence-corrected chi connectivity index (χ2v) is 9.53. The average Bonchev–Trinajstić information content (AvgIpc) is 3.16.